The van der Waals surface area contributed by atoms with Crippen molar-refractivity contribution in [2.45, 2.75) is 0 Å². The Bertz CT molecular complexity index is 544. The molecule has 0 saturated carbocycles. The van der Waals surface area contributed by atoms with E-state index in [4.69, 9.17) is 11.6 Å². The fourth-order valence-electron chi connectivity index (χ4n) is 1.70. The van der Waals surface area contributed by atoms with Crippen LogP contribution in [-0.4, -0.2) is 6.29 Å². The van der Waals surface area contributed by atoms with Crippen LogP contribution >= 0.6 is 11.6 Å². The monoisotopic (exact) mass is 242 g/mol. The lowest BCUT2D eigenvalue weighted by atomic mass is 9.99. The van der Waals surface area contributed by atoms with Gasteiger partial charge in [0.2, 0.25) is 0 Å². The summed E-state index contributed by atoms with van der Waals surface area (Å²) >= 11 is 5.96. The highest BCUT2D eigenvalue weighted by Crippen LogP contribution is 2.27. The largest absolute Gasteiger partial charge is 0.299 e. The maximum Gasteiger partial charge on any atom is 0.142 e. The number of allylic oxidation sites excluding steroid dienone is 1. The maximum atomic E-state index is 10.4. The Morgan fingerprint density at radius 2 is 1.76 bits per heavy atom. The zero-order valence-electron chi connectivity index (χ0n) is 9.14. The van der Waals surface area contributed by atoms with Crippen molar-refractivity contribution in [1.29, 1.82) is 0 Å². The van der Waals surface area contributed by atoms with Gasteiger partial charge in [-0.15, -0.1) is 0 Å². The average molecular weight is 243 g/mol. The van der Waals surface area contributed by atoms with Crippen molar-refractivity contribution in [3.8, 4) is 11.1 Å². The number of halogens is 1. The van der Waals surface area contributed by atoms with E-state index in [2.05, 4.69) is 0 Å². The molecule has 0 atom stereocenters. The van der Waals surface area contributed by atoms with Gasteiger partial charge in [0.05, 0.1) is 0 Å². The smallest absolute Gasteiger partial charge is 0.142 e. The van der Waals surface area contributed by atoms with Gasteiger partial charge in [0.15, 0.2) is 0 Å². The first kappa shape index (κ1) is 11.6. The minimum Gasteiger partial charge on any atom is -0.299 e. The van der Waals surface area contributed by atoms with E-state index in [1.54, 1.807) is 6.08 Å². The lowest BCUT2D eigenvalue weighted by molar-refractivity contribution is -0.104. The number of hydrogen-bond acceptors (Lipinski definition) is 1. The molecule has 0 bridgehead atoms. The van der Waals surface area contributed by atoms with E-state index >= 15 is 0 Å². The lowest BCUT2D eigenvalue weighted by Gasteiger charge is -2.06. The van der Waals surface area contributed by atoms with Gasteiger partial charge in [-0.25, -0.2) is 0 Å². The van der Waals surface area contributed by atoms with Crippen LogP contribution in [-0.2, 0) is 4.79 Å². The second-order valence-corrected chi connectivity index (χ2v) is 4.03. The molecule has 84 valence electrons. The number of rotatable bonds is 3. The van der Waals surface area contributed by atoms with Gasteiger partial charge in [0, 0.05) is 5.02 Å². The molecule has 0 radical (unpaired) electrons. The number of carbonyl (C=O) groups is 1. The summed E-state index contributed by atoms with van der Waals surface area (Å²) < 4.78 is 0. The van der Waals surface area contributed by atoms with Gasteiger partial charge >= 0.3 is 0 Å². The minimum atomic E-state index is 0.662. The molecule has 2 rings (SSSR count). The Hall–Kier alpha value is -1.86. The Labute approximate surface area is 105 Å². The molecule has 0 saturated heterocycles. The Kier molecular flexibility index (Phi) is 3.73. The van der Waals surface area contributed by atoms with Gasteiger partial charge in [-0.1, -0.05) is 54.1 Å². The molecule has 1 nitrogen and oxygen atoms in total. The van der Waals surface area contributed by atoms with E-state index in [-0.39, 0.29) is 0 Å². The topological polar surface area (TPSA) is 17.1 Å². The van der Waals surface area contributed by atoms with Crippen LogP contribution in [0.4, 0.5) is 0 Å². The van der Waals surface area contributed by atoms with Crippen molar-refractivity contribution in [1.82, 2.24) is 0 Å². The molecule has 0 amide bonds. The van der Waals surface area contributed by atoms with Crippen molar-refractivity contribution >= 4 is 24.0 Å². The molecule has 0 aliphatic carbocycles. The van der Waals surface area contributed by atoms with Gasteiger partial charge in [0.25, 0.3) is 0 Å². The molecule has 2 aromatic carbocycles. The third-order valence-electron chi connectivity index (χ3n) is 2.45. The van der Waals surface area contributed by atoms with Gasteiger partial charge in [-0.2, -0.15) is 0 Å². The molecule has 0 aliphatic heterocycles. The summed E-state index contributed by atoms with van der Waals surface area (Å²) in [5, 5.41) is 0.662. The molecule has 2 heteroatoms. The fraction of sp³-hybridized carbons (Fsp3) is 0. The molecule has 0 unspecified atom stereocenters. The third-order valence-corrected chi connectivity index (χ3v) is 2.69. The Morgan fingerprint density at radius 3 is 2.47 bits per heavy atom. The molecule has 17 heavy (non-hydrogen) atoms. The highest BCUT2D eigenvalue weighted by Gasteiger charge is 2.02. The van der Waals surface area contributed by atoms with Crippen LogP contribution in [0, 0.1) is 0 Å². The predicted octanol–water partition coefficient (Wildman–Crippen LogP) is 4.22. The third kappa shape index (κ3) is 2.83. The fourth-order valence-corrected chi connectivity index (χ4v) is 1.88. The molecule has 0 heterocycles. The van der Waals surface area contributed by atoms with E-state index in [0.717, 1.165) is 23.0 Å². The highest BCUT2D eigenvalue weighted by atomic mass is 35.5. The summed E-state index contributed by atoms with van der Waals surface area (Å²) in [6.07, 6.45) is 4.00. The number of hydrogen-bond donors (Lipinski definition) is 0. The molecule has 0 spiro atoms. The van der Waals surface area contributed by atoms with Crippen LogP contribution in [0.1, 0.15) is 5.56 Å². The first-order valence-corrected chi connectivity index (χ1v) is 5.66. The zero-order valence-corrected chi connectivity index (χ0v) is 9.89. The summed E-state index contributed by atoms with van der Waals surface area (Å²) in [5.74, 6) is 0. The van der Waals surface area contributed by atoms with Gasteiger partial charge in [-0.3, -0.25) is 4.79 Å². The van der Waals surface area contributed by atoms with Gasteiger partial charge < -0.3 is 0 Å². The Morgan fingerprint density at radius 1 is 1.00 bits per heavy atom. The lowest BCUT2D eigenvalue weighted by Crippen LogP contribution is -1.83. The second kappa shape index (κ2) is 5.46. The number of carbonyl (C=O) groups excluding carboxylic acids is 1. The number of aldehydes is 1. The van der Waals surface area contributed by atoms with Crippen molar-refractivity contribution < 1.29 is 4.79 Å². The normalized spacial score (nSPS) is 10.6. The molecule has 0 N–H and O–H groups in total. The van der Waals surface area contributed by atoms with Gasteiger partial charge in [0.1, 0.15) is 6.29 Å². The van der Waals surface area contributed by atoms with Crippen LogP contribution < -0.4 is 0 Å². The second-order valence-electron chi connectivity index (χ2n) is 3.59. The summed E-state index contributed by atoms with van der Waals surface area (Å²) in [6, 6.07) is 15.7. The van der Waals surface area contributed by atoms with E-state index in [1.165, 1.54) is 6.08 Å². The highest BCUT2D eigenvalue weighted by molar-refractivity contribution is 6.30. The van der Waals surface area contributed by atoms with Crippen molar-refractivity contribution in [3.05, 3.63) is 65.2 Å². The summed E-state index contributed by atoms with van der Waals surface area (Å²) in [6.45, 7) is 0. The van der Waals surface area contributed by atoms with Crippen LogP contribution in [0.15, 0.2) is 54.6 Å². The molecule has 0 aromatic heterocycles. The first-order valence-electron chi connectivity index (χ1n) is 5.28. The van der Waals surface area contributed by atoms with Crippen LogP contribution in [0.25, 0.3) is 17.2 Å². The SMILES string of the molecule is O=CC=Cc1cc(Cl)ccc1-c1ccccc1. The quantitative estimate of drug-likeness (QED) is 0.582. The Balaban J connectivity index is 2.53. The molecular formula is C15H11ClO. The molecular weight excluding hydrogens is 232 g/mol. The number of benzene rings is 2. The van der Waals surface area contributed by atoms with E-state index in [1.807, 2.05) is 48.5 Å². The first-order chi connectivity index (χ1) is 8.31. The summed E-state index contributed by atoms with van der Waals surface area (Å²) in [7, 11) is 0. The maximum absolute atomic E-state index is 10.4. The average Bonchev–Trinajstić information content (AvgIpc) is 2.37. The van der Waals surface area contributed by atoms with Crippen LogP contribution in [0.3, 0.4) is 0 Å². The van der Waals surface area contributed by atoms with E-state index in [0.29, 0.717) is 5.02 Å². The van der Waals surface area contributed by atoms with Crippen molar-refractivity contribution in [2.24, 2.45) is 0 Å². The van der Waals surface area contributed by atoms with Crippen LogP contribution in [0.5, 0.6) is 0 Å². The van der Waals surface area contributed by atoms with E-state index in [9.17, 15) is 4.79 Å². The zero-order chi connectivity index (χ0) is 12.1. The van der Waals surface area contributed by atoms with Crippen molar-refractivity contribution in [2.75, 3.05) is 0 Å². The minimum absolute atomic E-state index is 0.662. The van der Waals surface area contributed by atoms with Gasteiger partial charge in [-0.05, 0) is 34.9 Å². The molecule has 2 aromatic rings. The molecule has 0 fully saturated rings. The van der Waals surface area contributed by atoms with Crippen molar-refractivity contribution in [3.63, 3.8) is 0 Å². The predicted molar refractivity (Wildman–Crippen MR) is 72.0 cm³/mol. The summed E-state index contributed by atoms with van der Waals surface area (Å²) in [4.78, 5) is 10.4. The summed E-state index contributed by atoms with van der Waals surface area (Å²) in [5.41, 5.74) is 3.11. The van der Waals surface area contributed by atoms with E-state index < -0.39 is 0 Å². The molecule has 0 aliphatic rings. The van der Waals surface area contributed by atoms with Crippen LogP contribution in [0.2, 0.25) is 5.02 Å². The standard InChI is InChI=1S/C15H11ClO/c16-14-8-9-15(12-5-2-1-3-6-12)13(11-14)7-4-10-17/h1-11H.